The molecule has 0 radical (unpaired) electrons. The van der Waals surface area contributed by atoms with E-state index in [0.29, 0.717) is 0 Å². The Hall–Kier alpha value is -1.06. The maximum Gasteiger partial charge on any atom is 0.120 e. The standard InChI is InChI=1S/C18H31NO2/c1-7-18(8-2,20-6)17(19-9-3)15-11-10-12-16(13-15)21-14(4)5/h10-14,17,19H,7-9H2,1-6H3. The van der Waals surface area contributed by atoms with Crippen molar-refractivity contribution in [2.24, 2.45) is 0 Å². The van der Waals surface area contributed by atoms with E-state index >= 15 is 0 Å². The number of benzene rings is 1. The van der Waals surface area contributed by atoms with Crippen molar-refractivity contribution in [3.05, 3.63) is 29.8 Å². The Morgan fingerprint density at radius 1 is 1.14 bits per heavy atom. The van der Waals surface area contributed by atoms with Crippen LogP contribution in [0.5, 0.6) is 5.75 Å². The minimum atomic E-state index is -0.188. The van der Waals surface area contributed by atoms with Crippen LogP contribution in [0.2, 0.25) is 0 Å². The molecule has 21 heavy (non-hydrogen) atoms. The zero-order chi connectivity index (χ0) is 15.9. The smallest absolute Gasteiger partial charge is 0.120 e. The summed E-state index contributed by atoms with van der Waals surface area (Å²) < 4.78 is 11.8. The Morgan fingerprint density at radius 3 is 2.29 bits per heavy atom. The number of likely N-dealkylation sites (N-methyl/N-ethyl adjacent to an activating group) is 1. The van der Waals surface area contributed by atoms with Gasteiger partial charge in [0.25, 0.3) is 0 Å². The molecule has 1 rings (SSSR count). The van der Waals surface area contributed by atoms with Gasteiger partial charge in [-0.3, -0.25) is 0 Å². The Kier molecular flexibility index (Phi) is 7.20. The third-order valence-corrected chi connectivity index (χ3v) is 4.10. The summed E-state index contributed by atoms with van der Waals surface area (Å²) in [4.78, 5) is 0. The molecule has 0 heterocycles. The van der Waals surface area contributed by atoms with Gasteiger partial charge in [-0.1, -0.05) is 32.9 Å². The summed E-state index contributed by atoms with van der Waals surface area (Å²) in [6.07, 6.45) is 2.11. The highest BCUT2D eigenvalue weighted by atomic mass is 16.5. The second-order valence-electron chi connectivity index (χ2n) is 5.71. The van der Waals surface area contributed by atoms with Gasteiger partial charge >= 0.3 is 0 Å². The zero-order valence-electron chi connectivity index (χ0n) is 14.4. The summed E-state index contributed by atoms with van der Waals surface area (Å²) in [7, 11) is 1.81. The summed E-state index contributed by atoms with van der Waals surface area (Å²) >= 11 is 0. The second-order valence-corrected chi connectivity index (χ2v) is 5.71. The Bertz CT molecular complexity index is 405. The van der Waals surface area contributed by atoms with Crippen molar-refractivity contribution in [3.63, 3.8) is 0 Å². The summed E-state index contributed by atoms with van der Waals surface area (Å²) in [5, 5.41) is 3.59. The van der Waals surface area contributed by atoms with Gasteiger partial charge in [-0.25, -0.2) is 0 Å². The number of methoxy groups -OCH3 is 1. The predicted octanol–water partition coefficient (Wildman–Crippen LogP) is 4.33. The first-order chi connectivity index (χ1) is 10.0. The molecule has 0 saturated carbocycles. The van der Waals surface area contributed by atoms with Crippen LogP contribution in [-0.4, -0.2) is 25.4 Å². The second kappa shape index (κ2) is 8.40. The average Bonchev–Trinajstić information content (AvgIpc) is 2.48. The Balaban J connectivity index is 3.15. The molecule has 0 aliphatic carbocycles. The molecule has 1 aromatic rings. The number of rotatable bonds is 9. The van der Waals surface area contributed by atoms with Crippen LogP contribution in [0, 0.1) is 0 Å². The fraction of sp³-hybridized carbons (Fsp3) is 0.667. The summed E-state index contributed by atoms with van der Waals surface area (Å²) in [6, 6.07) is 8.52. The fourth-order valence-electron chi connectivity index (χ4n) is 2.92. The molecular formula is C18H31NO2. The van der Waals surface area contributed by atoms with Crippen LogP contribution in [-0.2, 0) is 4.74 Å². The van der Waals surface area contributed by atoms with E-state index in [-0.39, 0.29) is 17.7 Å². The van der Waals surface area contributed by atoms with E-state index < -0.39 is 0 Å². The fourth-order valence-corrected chi connectivity index (χ4v) is 2.92. The van der Waals surface area contributed by atoms with Crippen molar-refractivity contribution in [2.45, 2.75) is 65.2 Å². The topological polar surface area (TPSA) is 30.5 Å². The largest absolute Gasteiger partial charge is 0.491 e. The predicted molar refractivity (Wildman–Crippen MR) is 88.9 cm³/mol. The molecule has 1 unspecified atom stereocenters. The molecular weight excluding hydrogens is 262 g/mol. The molecule has 1 atom stereocenters. The SMILES string of the molecule is CCNC(c1cccc(OC(C)C)c1)C(CC)(CC)OC. The van der Waals surface area contributed by atoms with Gasteiger partial charge in [0.2, 0.25) is 0 Å². The van der Waals surface area contributed by atoms with Crippen LogP contribution < -0.4 is 10.1 Å². The molecule has 1 N–H and O–H groups in total. The van der Waals surface area contributed by atoms with Gasteiger partial charge in [0.05, 0.1) is 17.7 Å². The van der Waals surface area contributed by atoms with Crippen LogP contribution in [0.3, 0.4) is 0 Å². The van der Waals surface area contributed by atoms with Gasteiger partial charge < -0.3 is 14.8 Å². The van der Waals surface area contributed by atoms with Gasteiger partial charge in [-0.15, -0.1) is 0 Å². The van der Waals surface area contributed by atoms with Crippen molar-refractivity contribution in [2.75, 3.05) is 13.7 Å². The highest BCUT2D eigenvalue weighted by molar-refractivity contribution is 5.32. The Labute approximate surface area is 130 Å². The van der Waals surface area contributed by atoms with Crippen molar-refractivity contribution >= 4 is 0 Å². The van der Waals surface area contributed by atoms with E-state index in [1.807, 2.05) is 27.0 Å². The van der Waals surface area contributed by atoms with Crippen molar-refractivity contribution < 1.29 is 9.47 Å². The highest BCUT2D eigenvalue weighted by Gasteiger charge is 2.36. The maximum absolute atomic E-state index is 5.92. The van der Waals surface area contributed by atoms with Gasteiger partial charge in [-0.05, 0) is 50.9 Å². The van der Waals surface area contributed by atoms with Crippen LogP contribution in [0.1, 0.15) is 59.1 Å². The van der Waals surface area contributed by atoms with E-state index in [4.69, 9.17) is 9.47 Å². The van der Waals surface area contributed by atoms with Gasteiger partial charge in [-0.2, -0.15) is 0 Å². The molecule has 1 aromatic carbocycles. The van der Waals surface area contributed by atoms with E-state index in [0.717, 1.165) is 25.1 Å². The molecule has 3 heteroatoms. The van der Waals surface area contributed by atoms with E-state index in [9.17, 15) is 0 Å². The van der Waals surface area contributed by atoms with Crippen LogP contribution in [0.4, 0.5) is 0 Å². The number of nitrogens with one attached hydrogen (secondary N) is 1. The summed E-state index contributed by atoms with van der Waals surface area (Å²) in [6.45, 7) is 11.5. The zero-order valence-corrected chi connectivity index (χ0v) is 14.4. The lowest BCUT2D eigenvalue weighted by atomic mass is 9.83. The molecule has 0 saturated heterocycles. The molecule has 3 nitrogen and oxygen atoms in total. The first-order valence-electron chi connectivity index (χ1n) is 8.08. The molecule has 0 spiro atoms. The molecule has 120 valence electrons. The van der Waals surface area contributed by atoms with Crippen LogP contribution in [0.25, 0.3) is 0 Å². The van der Waals surface area contributed by atoms with E-state index in [2.05, 4.69) is 44.3 Å². The monoisotopic (exact) mass is 293 g/mol. The van der Waals surface area contributed by atoms with E-state index in [1.54, 1.807) is 0 Å². The summed E-state index contributed by atoms with van der Waals surface area (Å²) in [5.41, 5.74) is 1.03. The molecule has 0 aliphatic heterocycles. The third kappa shape index (κ3) is 4.45. The van der Waals surface area contributed by atoms with Crippen LogP contribution >= 0.6 is 0 Å². The minimum Gasteiger partial charge on any atom is -0.491 e. The average molecular weight is 293 g/mol. The first-order valence-corrected chi connectivity index (χ1v) is 8.08. The molecule has 0 aromatic heterocycles. The van der Waals surface area contributed by atoms with Crippen molar-refractivity contribution in [1.29, 1.82) is 0 Å². The van der Waals surface area contributed by atoms with Crippen LogP contribution in [0.15, 0.2) is 24.3 Å². The number of hydrogen-bond acceptors (Lipinski definition) is 3. The first kappa shape index (κ1) is 18.0. The molecule has 0 bridgehead atoms. The number of ether oxygens (including phenoxy) is 2. The van der Waals surface area contributed by atoms with Gasteiger partial charge in [0, 0.05) is 7.11 Å². The quantitative estimate of drug-likeness (QED) is 0.735. The maximum atomic E-state index is 5.92. The van der Waals surface area contributed by atoms with Gasteiger partial charge in [0.1, 0.15) is 5.75 Å². The normalized spacial score (nSPS) is 13.5. The number of hydrogen-bond donors (Lipinski definition) is 1. The molecule has 0 fully saturated rings. The molecule has 0 amide bonds. The van der Waals surface area contributed by atoms with Gasteiger partial charge in [0.15, 0.2) is 0 Å². The molecule has 0 aliphatic rings. The van der Waals surface area contributed by atoms with E-state index in [1.165, 1.54) is 5.56 Å². The van der Waals surface area contributed by atoms with Crippen molar-refractivity contribution in [3.8, 4) is 5.75 Å². The lowest BCUT2D eigenvalue weighted by Crippen LogP contribution is -2.44. The summed E-state index contributed by atoms with van der Waals surface area (Å²) in [5.74, 6) is 0.919. The third-order valence-electron chi connectivity index (χ3n) is 4.10. The minimum absolute atomic E-state index is 0.165. The Morgan fingerprint density at radius 2 is 1.81 bits per heavy atom. The lowest BCUT2D eigenvalue weighted by molar-refractivity contribution is -0.0482. The highest BCUT2D eigenvalue weighted by Crippen LogP contribution is 2.36. The van der Waals surface area contributed by atoms with Crippen molar-refractivity contribution in [1.82, 2.24) is 5.32 Å². The lowest BCUT2D eigenvalue weighted by Gasteiger charge is -2.39.